The first-order chi connectivity index (χ1) is 10.0. The molecule has 3 atom stereocenters. The van der Waals surface area contributed by atoms with Crippen molar-refractivity contribution >= 4 is 46.1 Å². The second kappa shape index (κ2) is 7.77. The standard InChI is InChI=1S/C16H22Cl2N2S/c1-19(2)14-10-12(18)11-15(14)20(16(21)8-9-17)13-6-4-3-5-7-13/h3-7,12,14-15H,8-11H2,1-2H3. The summed E-state index contributed by atoms with van der Waals surface area (Å²) in [5.74, 6) is 0.547. The van der Waals surface area contributed by atoms with Crippen molar-refractivity contribution in [2.45, 2.75) is 36.7 Å². The number of likely N-dealkylation sites (N-methyl/N-ethyl adjacent to an activating group) is 1. The van der Waals surface area contributed by atoms with E-state index >= 15 is 0 Å². The first-order valence-electron chi connectivity index (χ1n) is 7.28. The fourth-order valence-electron chi connectivity index (χ4n) is 3.08. The number of benzene rings is 1. The van der Waals surface area contributed by atoms with Crippen molar-refractivity contribution in [2.24, 2.45) is 0 Å². The molecular weight excluding hydrogens is 323 g/mol. The second-order valence-electron chi connectivity index (χ2n) is 5.71. The third kappa shape index (κ3) is 4.10. The van der Waals surface area contributed by atoms with Gasteiger partial charge in [0.2, 0.25) is 0 Å². The van der Waals surface area contributed by atoms with Crippen LogP contribution in [-0.4, -0.2) is 47.3 Å². The minimum atomic E-state index is 0.201. The Kier molecular flexibility index (Phi) is 6.30. The van der Waals surface area contributed by atoms with Gasteiger partial charge in [0.15, 0.2) is 0 Å². The van der Waals surface area contributed by atoms with E-state index < -0.39 is 0 Å². The molecule has 1 fully saturated rings. The number of alkyl halides is 2. The molecule has 2 rings (SSSR count). The minimum absolute atomic E-state index is 0.201. The number of nitrogens with zero attached hydrogens (tertiary/aromatic N) is 2. The molecule has 0 spiro atoms. The van der Waals surface area contributed by atoms with E-state index in [-0.39, 0.29) is 5.38 Å². The van der Waals surface area contributed by atoms with Gasteiger partial charge in [0.05, 0.1) is 11.0 Å². The van der Waals surface area contributed by atoms with Gasteiger partial charge in [-0.3, -0.25) is 0 Å². The molecule has 0 radical (unpaired) electrons. The quantitative estimate of drug-likeness (QED) is 0.585. The topological polar surface area (TPSA) is 6.48 Å². The molecule has 0 aromatic heterocycles. The Morgan fingerprint density at radius 2 is 1.81 bits per heavy atom. The Bertz CT molecular complexity index is 467. The molecule has 1 aliphatic carbocycles. The number of para-hydroxylation sites is 1. The van der Waals surface area contributed by atoms with Gasteiger partial charge in [-0.25, -0.2) is 0 Å². The number of thiocarbonyl (C=S) groups is 1. The number of halogens is 2. The van der Waals surface area contributed by atoms with Crippen molar-refractivity contribution in [3.8, 4) is 0 Å². The van der Waals surface area contributed by atoms with Crippen LogP contribution in [0, 0.1) is 0 Å². The number of rotatable bonds is 5. The normalized spacial score (nSPS) is 25.3. The highest BCUT2D eigenvalue weighted by Crippen LogP contribution is 2.34. The van der Waals surface area contributed by atoms with E-state index in [1.165, 1.54) is 0 Å². The zero-order chi connectivity index (χ0) is 15.4. The summed E-state index contributed by atoms with van der Waals surface area (Å²) in [6.07, 6.45) is 2.66. The molecule has 2 nitrogen and oxygen atoms in total. The summed E-state index contributed by atoms with van der Waals surface area (Å²) in [5, 5.41) is 0.201. The van der Waals surface area contributed by atoms with E-state index in [1.807, 2.05) is 18.2 Å². The van der Waals surface area contributed by atoms with E-state index in [1.54, 1.807) is 0 Å². The summed E-state index contributed by atoms with van der Waals surface area (Å²) >= 11 is 18.0. The van der Waals surface area contributed by atoms with E-state index in [0.717, 1.165) is 29.9 Å². The molecule has 0 heterocycles. The maximum Gasteiger partial charge on any atom is 0.0838 e. The van der Waals surface area contributed by atoms with Crippen molar-refractivity contribution in [1.82, 2.24) is 4.90 Å². The van der Waals surface area contributed by atoms with E-state index in [4.69, 9.17) is 35.4 Å². The largest absolute Gasteiger partial charge is 0.331 e. The van der Waals surface area contributed by atoms with Crippen molar-refractivity contribution < 1.29 is 0 Å². The van der Waals surface area contributed by atoms with Gasteiger partial charge >= 0.3 is 0 Å². The van der Waals surface area contributed by atoms with Crippen LogP contribution in [0.15, 0.2) is 30.3 Å². The van der Waals surface area contributed by atoms with Gasteiger partial charge in [-0.15, -0.1) is 23.2 Å². The fraction of sp³-hybridized carbons (Fsp3) is 0.562. The third-order valence-corrected chi connectivity index (χ3v) is 4.99. The maximum absolute atomic E-state index is 6.44. The third-order valence-electron chi connectivity index (χ3n) is 4.04. The van der Waals surface area contributed by atoms with Crippen molar-refractivity contribution in [1.29, 1.82) is 0 Å². The van der Waals surface area contributed by atoms with Crippen LogP contribution < -0.4 is 4.90 Å². The fourth-order valence-corrected chi connectivity index (χ4v) is 4.08. The zero-order valence-electron chi connectivity index (χ0n) is 12.5. The highest BCUT2D eigenvalue weighted by atomic mass is 35.5. The molecule has 5 heteroatoms. The molecule has 116 valence electrons. The molecule has 1 aromatic rings. The van der Waals surface area contributed by atoms with Crippen molar-refractivity contribution in [3.63, 3.8) is 0 Å². The van der Waals surface area contributed by atoms with E-state index in [2.05, 4.69) is 36.0 Å². The lowest BCUT2D eigenvalue weighted by molar-refractivity contribution is 0.277. The highest BCUT2D eigenvalue weighted by Gasteiger charge is 2.39. The molecule has 1 aromatic carbocycles. The SMILES string of the molecule is CN(C)C1CC(Cl)CC1N(C(=S)CCCl)c1ccccc1. The van der Waals surface area contributed by atoms with Crippen molar-refractivity contribution in [2.75, 3.05) is 24.9 Å². The Labute approximate surface area is 143 Å². The summed E-state index contributed by atoms with van der Waals surface area (Å²) in [5.41, 5.74) is 1.13. The highest BCUT2D eigenvalue weighted by molar-refractivity contribution is 7.80. The van der Waals surface area contributed by atoms with Gasteiger partial charge in [0.25, 0.3) is 0 Å². The lowest BCUT2D eigenvalue weighted by atomic mass is 10.1. The first kappa shape index (κ1) is 17.0. The Hall–Kier alpha value is -0.350. The van der Waals surface area contributed by atoms with E-state index in [0.29, 0.717) is 18.0 Å². The van der Waals surface area contributed by atoms with Crippen LogP contribution in [0.25, 0.3) is 0 Å². The Morgan fingerprint density at radius 3 is 2.38 bits per heavy atom. The minimum Gasteiger partial charge on any atom is -0.331 e. The predicted molar refractivity (Wildman–Crippen MR) is 97.0 cm³/mol. The molecule has 0 aliphatic heterocycles. The maximum atomic E-state index is 6.44. The van der Waals surface area contributed by atoms with Gasteiger partial charge in [-0.05, 0) is 39.1 Å². The molecule has 3 unspecified atom stereocenters. The van der Waals surface area contributed by atoms with Gasteiger partial charge in [0.1, 0.15) is 0 Å². The van der Waals surface area contributed by atoms with Gasteiger partial charge in [0, 0.05) is 29.4 Å². The monoisotopic (exact) mass is 344 g/mol. The summed E-state index contributed by atoms with van der Waals surface area (Å²) < 4.78 is 0. The smallest absolute Gasteiger partial charge is 0.0838 e. The molecule has 1 saturated carbocycles. The van der Waals surface area contributed by atoms with Crippen LogP contribution in [-0.2, 0) is 0 Å². The van der Waals surface area contributed by atoms with Crippen LogP contribution in [0.3, 0.4) is 0 Å². The summed E-state index contributed by atoms with van der Waals surface area (Å²) in [4.78, 5) is 5.43. The summed E-state index contributed by atoms with van der Waals surface area (Å²) in [6, 6.07) is 11.0. The van der Waals surface area contributed by atoms with Gasteiger partial charge in [-0.1, -0.05) is 30.4 Å². The summed E-state index contributed by atoms with van der Waals surface area (Å²) in [6.45, 7) is 0. The van der Waals surface area contributed by atoms with Crippen LogP contribution in [0.2, 0.25) is 0 Å². The van der Waals surface area contributed by atoms with Crippen LogP contribution >= 0.6 is 35.4 Å². The number of hydrogen-bond acceptors (Lipinski definition) is 2. The van der Waals surface area contributed by atoms with Gasteiger partial charge < -0.3 is 9.80 Å². The first-order valence-corrected chi connectivity index (χ1v) is 8.66. The van der Waals surface area contributed by atoms with Crippen molar-refractivity contribution in [3.05, 3.63) is 30.3 Å². The van der Waals surface area contributed by atoms with Crippen LogP contribution in [0.1, 0.15) is 19.3 Å². The Morgan fingerprint density at radius 1 is 1.19 bits per heavy atom. The molecule has 0 N–H and O–H groups in total. The molecule has 1 aliphatic rings. The summed E-state index contributed by atoms with van der Waals surface area (Å²) in [7, 11) is 4.22. The Balaban J connectivity index is 2.33. The molecular formula is C16H22Cl2N2S. The van der Waals surface area contributed by atoms with Gasteiger partial charge in [-0.2, -0.15) is 0 Å². The lowest BCUT2D eigenvalue weighted by Crippen LogP contribution is -2.49. The van der Waals surface area contributed by atoms with Crippen LogP contribution in [0.4, 0.5) is 5.69 Å². The molecule has 0 bridgehead atoms. The number of anilines is 1. The lowest BCUT2D eigenvalue weighted by Gasteiger charge is -2.37. The second-order valence-corrected chi connectivity index (χ2v) is 7.17. The molecule has 0 saturated heterocycles. The zero-order valence-corrected chi connectivity index (χ0v) is 14.8. The molecule has 21 heavy (non-hydrogen) atoms. The van der Waals surface area contributed by atoms with Crippen LogP contribution in [0.5, 0.6) is 0 Å². The van der Waals surface area contributed by atoms with E-state index in [9.17, 15) is 0 Å². The molecule has 0 amide bonds. The number of hydrogen-bond donors (Lipinski definition) is 0. The average Bonchev–Trinajstić information content (AvgIpc) is 2.82. The predicted octanol–water partition coefficient (Wildman–Crippen LogP) is 4.15. The average molecular weight is 345 g/mol.